The number of carbonyl (C=O) groups excluding carboxylic acids is 1. The molecule has 1 N–H and O–H groups in total. The van der Waals surface area contributed by atoms with Crippen molar-refractivity contribution in [1.82, 2.24) is 0 Å². The van der Waals surface area contributed by atoms with Gasteiger partial charge in [-0.2, -0.15) is 5.26 Å². The van der Waals surface area contributed by atoms with Gasteiger partial charge in [0.25, 0.3) is 5.91 Å². The second kappa shape index (κ2) is 8.00. The van der Waals surface area contributed by atoms with E-state index in [0.717, 1.165) is 6.42 Å². The molecule has 1 atom stereocenters. The number of nitriles is 1. The van der Waals surface area contributed by atoms with E-state index in [9.17, 15) is 4.79 Å². The monoisotopic (exact) mass is 308 g/mol. The first-order valence-electron chi connectivity index (χ1n) is 7.65. The van der Waals surface area contributed by atoms with Crippen molar-refractivity contribution < 1.29 is 9.53 Å². The van der Waals surface area contributed by atoms with Gasteiger partial charge in [-0.15, -0.1) is 0 Å². The molecule has 2 aromatic rings. The van der Waals surface area contributed by atoms with Gasteiger partial charge in [0.15, 0.2) is 6.61 Å². The van der Waals surface area contributed by atoms with Crippen LogP contribution in [0.5, 0.6) is 5.75 Å². The summed E-state index contributed by atoms with van der Waals surface area (Å²) in [5.41, 5.74) is 2.18. The Morgan fingerprint density at radius 3 is 2.57 bits per heavy atom. The molecule has 0 aromatic heterocycles. The van der Waals surface area contributed by atoms with Crippen molar-refractivity contribution in [3.8, 4) is 11.8 Å². The van der Waals surface area contributed by atoms with Crippen molar-refractivity contribution in [2.24, 2.45) is 0 Å². The van der Waals surface area contributed by atoms with Gasteiger partial charge in [-0.3, -0.25) is 4.79 Å². The second-order valence-corrected chi connectivity index (χ2v) is 5.37. The fourth-order valence-corrected chi connectivity index (χ4v) is 2.15. The highest BCUT2D eigenvalue weighted by Gasteiger charge is 2.08. The molecule has 0 saturated heterocycles. The van der Waals surface area contributed by atoms with Crippen LogP contribution in [0.3, 0.4) is 0 Å². The lowest BCUT2D eigenvalue weighted by Crippen LogP contribution is -2.20. The molecule has 118 valence electrons. The predicted octanol–water partition coefficient (Wildman–Crippen LogP) is 4.09. The first-order chi connectivity index (χ1) is 11.1. The van der Waals surface area contributed by atoms with Gasteiger partial charge in [0.1, 0.15) is 11.8 Å². The molecular formula is C19H20N2O2. The van der Waals surface area contributed by atoms with Crippen LogP contribution >= 0.6 is 0 Å². The molecule has 0 aliphatic rings. The number of carbonyl (C=O) groups is 1. The maximum Gasteiger partial charge on any atom is 0.262 e. The van der Waals surface area contributed by atoms with Gasteiger partial charge in [-0.25, -0.2) is 0 Å². The molecule has 4 heteroatoms. The Morgan fingerprint density at radius 1 is 1.22 bits per heavy atom. The maximum atomic E-state index is 11.9. The van der Waals surface area contributed by atoms with Gasteiger partial charge in [-0.05, 0) is 42.2 Å². The van der Waals surface area contributed by atoms with Crippen LogP contribution in [0, 0.1) is 11.3 Å². The number of benzene rings is 2. The number of nitrogens with one attached hydrogen (secondary N) is 1. The van der Waals surface area contributed by atoms with E-state index >= 15 is 0 Å². The Morgan fingerprint density at radius 2 is 1.91 bits per heavy atom. The molecule has 0 heterocycles. The Kier molecular flexibility index (Phi) is 5.76. The molecule has 0 spiro atoms. The van der Waals surface area contributed by atoms with E-state index in [-0.39, 0.29) is 12.5 Å². The highest BCUT2D eigenvalue weighted by Crippen LogP contribution is 2.21. The van der Waals surface area contributed by atoms with Crippen molar-refractivity contribution in [1.29, 1.82) is 5.26 Å². The lowest BCUT2D eigenvalue weighted by molar-refractivity contribution is -0.118. The molecule has 2 aromatic carbocycles. The zero-order valence-electron chi connectivity index (χ0n) is 13.4. The smallest absolute Gasteiger partial charge is 0.262 e. The Balaban J connectivity index is 1.91. The summed E-state index contributed by atoms with van der Waals surface area (Å²) in [5.74, 6) is 0.870. The lowest BCUT2D eigenvalue weighted by atomic mass is 9.99. The first-order valence-corrected chi connectivity index (χ1v) is 7.65. The molecule has 0 saturated carbocycles. The molecule has 0 radical (unpaired) electrons. The van der Waals surface area contributed by atoms with Crippen LogP contribution in [0.25, 0.3) is 0 Å². The predicted molar refractivity (Wildman–Crippen MR) is 90.4 cm³/mol. The van der Waals surface area contributed by atoms with Crippen LogP contribution in [0.4, 0.5) is 5.69 Å². The summed E-state index contributed by atoms with van der Waals surface area (Å²) < 4.78 is 5.49. The Labute approximate surface area is 136 Å². The molecule has 1 amide bonds. The van der Waals surface area contributed by atoms with E-state index in [2.05, 4.69) is 19.2 Å². The van der Waals surface area contributed by atoms with Crippen molar-refractivity contribution in [3.05, 3.63) is 59.7 Å². The third-order valence-corrected chi connectivity index (χ3v) is 3.75. The van der Waals surface area contributed by atoms with Crippen molar-refractivity contribution in [2.45, 2.75) is 26.2 Å². The average Bonchev–Trinajstić information content (AvgIpc) is 2.60. The molecule has 0 fully saturated rings. The van der Waals surface area contributed by atoms with Gasteiger partial charge in [-0.1, -0.05) is 38.1 Å². The van der Waals surface area contributed by atoms with Gasteiger partial charge in [0.05, 0.1) is 11.3 Å². The SMILES string of the molecule is CCC(C)c1ccc(OCC(=O)Nc2ccccc2C#N)cc1. The molecule has 1 unspecified atom stereocenters. The lowest BCUT2D eigenvalue weighted by Gasteiger charge is -2.11. The third-order valence-electron chi connectivity index (χ3n) is 3.75. The minimum Gasteiger partial charge on any atom is -0.484 e. The number of amides is 1. The Bertz CT molecular complexity index is 702. The van der Waals surface area contributed by atoms with E-state index in [4.69, 9.17) is 10.00 Å². The quantitative estimate of drug-likeness (QED) is 0.874. The summed E-state index contributed by atoms with van der Waals surface area (Å²) in [6, 6.07) is 16.7. The number of nitrogens with zero attached hydrogens (tertiary/aromatic N) is 1. The topological polar surface area (TPSA) is 62.1 Å². The summed E-state index contributed by atoms with van der Waals surface area (Å²) in [6.45, 7) is 4.23. The normalized spacial score (nSPS) is 11.3. The molecular weight excluding hydrogens is 288 g/mol. The number of hydrogen-bond donors (Lipinski definition) is 1. The largest absolute Gasteiger partial charge is 0.484 e. The van der Waals surface area contributed by atoms with Crippen LogP contribution in [0.2, 0.25) is 0 Å². The minimum atomic E-state index is -0.293. The molecule has 4 nitrogen and oxygen atoms in total. The van der Waals surface area contributed by atoms with Gasteiger partial charge in [0, 0.05) is 0 Å². The van der Waals surface area contributed by atoms with E-state index in [1.165, 1.54) is 5.56 Å². The summed E-state index contributed by atoms with van der Waals surface area (Å²) in [6.07, 6.45) is 1.08. The fraction of sp³-hybridized carbons (Fsp3) is 0.263. The number of para-hydroxylation sites is 1. The van der Waals surface area contributed by atoms with Crippen molar-refractivity contribution >= 4 is 11.6 Å². The zero-order chi connectivity index (χ0) is 16.7. The van der Waals surface area contributed by atoms with Gasteiger partial charge < -0.3 is 10.1 Å². The van der Waals surface area contributed by atoms with Crippen LogP contribution in [0.15, 0.2) is 48.5 Å². The highest BCUT2D eigenvalue weighted by atomic mass is 16.5. The van der Waals surface area contributed by atoms with Crippen molar-refractivity contribution in [3.63, 3.8) is 0 Å². The summed E-state index contributed by atoms with van der Waals surface area (Å²) in [5, 5.41) is 11.7. The third kappa shape index (κ3) is 4.58. The number of ether oxygens (including phenoxy) is 1. The average molecular weight is 308 g/mol. The van der Waals surface area contributed by atoms with E-state index in [1.807, 2.05) is 30.3 Å². The molecule has 23 heavy (non-hydrogen) atoms. The van der Waals surface area contributed by atoms with E-state index in [0.29, 0.717) is 22.9 Å². The Hall–Kier alpha value is -2.80. The van der Waals surface area contributed by atoms with Gasteiger partial charge >= 0.3 is 0 Å². The molecule has 0 aliphatic carbocycles. The number of hydrogen-bond acceptors (Lipinski definition) is 3. The number of anilines is 1. The first kappa shape index (κ1) is 16.6. The standard InChI is InChI=1S/C19H20N2O2/c1-3-14(2)15-8-10-17(11-9-15)23-13-19(22)21-18-7-5-4-6-16(18)12-20/h4-11,14H,3,13H2,1-2H3,(H,21,22). The molecule has 0 aliphatic heterocycles. The van der Waals surface area contributed by atoms with Crippen molar-refractivity contribution in [2.75, 3.05) is 11.9 Å². The second-order valence-electron chi connectivity index (χ2n) is 5.37. The molecule has 2 rings (SSSR count). The van der Waals surface area contributed by atoms with Crippen LogP contribution in [-0.2, 0) is 4.79 Å². The maximum absolute atomic E-state index is 11.9. The van der Waals surface area contributed by atoms with Gasteiger partial charge in [0.2, 0.25) is 0 Å². The molecule has 0 bridgehead atoms. The fourth-order valence-electron chi connectivity index (χ4n) is 2.15. The number of rotatable bonds is 6. The summed E-state index contributed by atoms with van der Waals surface area (Å²) >= 11 is 0. The summed E-state index contributed by atoms with van der Waals surface area (Å²) in [4.78, 5) is 11.9. The highest BCUT2D eigenvalue weighted by molar-refractivity contribution is 5.93. The van der Waals surface area contributed by atoms with Crippen LogP contribution in [0.1, 0.15) is 37.3 Å². The van der Waals surface area contributed by atoms with E-state index < -0.39 is 0 Å². The van der Waals surface area contributed by atoms with Crippen LogP contribution in [-0.4, -0.2) is 12.5 Å². The minimum absolute atomic E-state index is 0.0948. The summed E-state index contributed by atoms with van der Waals surface area (Å²) in [7, 11) is 0. The van der Waals surface area contributed by atoms with Crippen LogP contribution < -0.4 is 10.1 Å². The van der Waals surface area contributed by atoms with E-state index in [1.54, 1.807) is 24.3 Å². The zero-order valence-corrected chi connectivity index (χ0v) is 13.4.